The van der Waals surface area contributed by atoms with Crippen LogP contribution >= 0.6 is 0 Å². The molecule has 0 bridgehead atoms. The lowest BCUT2D eigenvalue weighted by atomic mass is 9.92. The minimum absolute atomic E-state index is 0.136. The van der Waals surface area contributed by atoms with Crippen molar-refractivity contribution in [3.05, 3.63) is 53.6 Å². The largest absolute Gasteiger partial charge is 0.374 e. The van der Waals surface area contributed by atoms with Gasteiger partial charge in [-0.15, -0.1) is 0 Å². The van der Waals surface area contributed by atoms with Crippen LogP contribution in [0, 0.1) is 6.92 Å². The third-order valence-corrected chi connectivity index (χ3v) is 3.77. The third-order valence-electron chi connectivity index (χ3n) is 3.77. The Balaban J connectivity index is 2.10. The fraction of sp³-hybridized carbons (Fsp3) is 0.188. The molecule has 4 N–H and O–H groups in total. The van der Waals surface area contributed by atoms with Gasteiger partial charge in [-0.2, -0.15) is 0 Å². The van der Waals surface area contributed by atoms with Crippen LogP contribution in [-0.2, 0) is 10.4 Å². The first-order chi connectivity index (χ1) is 9.54. The van der Waals surface area contributed by atoms with E-state index in [9.17, 15) is 9.90 Å². The predicted octanol–water partition coefficient (Wildman–Crippen LogP) is 1.76. The lowest BCUT2D eigenvalue weighted by molar-refractivity contribution is -0.132. The molecule has 0 saturated heterocycles. The van der Waals surface area contributed by atoms with Gasteiger partial charge in [-0.3, -0.25) is 4.79 Å². The molecule has 0 saturated carbocycles. The van der Waals surface area contributed by atoms with Crippen molar-refractivity contribution in [3.63, 3.8) is 0 Å². The van der Waals surface area contributed by atoms with Crippen LogP contribution in [0.5, 0.6) is 0 Å². The van der Waals surface area contributed by atoms with Gasteiger partial charge in [-0.1, -0.05) is 35.9 Å². The number of carbonyl (C=O) groups excluding carboxylic acids is 1. The van der Waals surface area contributed by atoms with E-state index < -0.39 is 11.5 Å². The zero-order valence-corrected chi connectivity index (χ0v) is 11.2. The average molecular weight is 268 g/mol. The molecule has 3 rings (SSSR count). The van der Waals surface area contributed by atoms with Crippen LogP contribution < -0.4 is 11.1 Å². The second-order valence-electron chi connectivity index (χ2n) is 5.14. The fourth-order valence-electron chi connectivity index (χ4n) is 2.47. The summed E-state index contributed by atoms with van der Waals surface area (Å²) in [6.45, 7) is 1.89. The quantitative estimate of drug-likeness (QED) is 0.777. The molecule has 2 aromatic carbocycles. The summed E-state index contributed by atoms with van der Waals surface area (Å²) < 4.78 is 0. The van der Waals surface area contributed by atoms with Gasteiger partial charge in [-0.25, -0.2) is 0 Å². The number of carbonyl (C=O) groups is 1. The minimum Gasteiger partial charge on any atom is -0.374 e. The number of fused-ring (bicyclic) bond motifs is 1. The van der Waals surface area contributed by atoms with Gasteiger partial charge in [0, 0.05) is 17.8 Å². The first kappa shape index (κ1) is 12.8. The molecule has 20 heavy (non-hydrogen) atoms. The first-order valence-electron chi connectivity index (χ1n) is 6.50. The lowest BCUT2D eigenvalue weighted by Crippen LogP contribution is -2.41. The maximum atomic E-state index is 11.8. The number of rotatable bonds is 2. The van der Waals surface area contributed by atoms with E-state index in [2.05, 4.69) is 5.32 Å². The number of amides is 1. The molecule has 1 atom stereocenters. The van der Waals surface area contributed by atoms with Crippen LogP contribution in [-0.4, -0.2) is 17.6 Å². The van der Waals surface area contributed by atoms with Crippen LogP contribution in [0.2, 0.25) is 0 Å². The molecule has 0 spiro atoms. The number of aliphatic hydroxyl groups is 1. The molecule has 1 heterocycles. The Morgan fingerprint density at radius 1 is 1.15 bits per heavy atom. The highest BCUT2D eigenvalue weighted by Gasteiger charge is 2.44. The Labute approximate surface area is 117 Å². The van der Waals surface area contributed by atoms with Crippen LogP contribution in [0.1, 0.15) is 11.1 Å². The molecule has 4 heteroatoms. The van der Waals surface area contributed by atoms with Gasteiger partial charge in [0.1, 0.15) is 0 Å². The van der Waals surface area contributed by atoms with E-state index >= 15 is 0 Å². The first-order valence-corrected chi connectivity index (χ1v) is 6.50. The average Bonchev–Trinajstić information content (AvgIpc) is 2.72. The van der Waals surface area contributed by atoms with E-state index in [0.717, 1.165) is 11.1 Å². The Bertz CT molecular complexity index is 679. The van der Waals surface area contributed by atoms with Crippen molar-refractivity contribution >= 4 is 11.6 Å². The number of aryl methyl sites for hydroxylation is 1. The maximum Gasteiger partial charge on any atom is 0.262 e. The highest BCUT2D eigenvalue weighted by molar-refractivity contribution is 6.05. The molecule has 1 aliphatic rings. The van der Waals surface area contributed by atoms with Gasteiger partial charge < -0.3 is 16.2 Å². The van der Waals surface area contributed by atoms with E-state index in [1.54, 1.807) is 6.07 Å². The smallest absolute Gasteiger partial charge is 0.262 e. The summed E-state index contributed by atoms with van der Waals surface area (Å²) in [6.07, 6.45) is 0. The summed E-state index contributed by atoms with van der Waals surface area (Å²) >= 11 is 0. The van der Waals surface area contributed by atoms with Crippen LogP contribution in [0.4, 0.5) is 5.69 Å². The summed E-state index contributed by atoms with van der Waals surface area (Å²) in [6, 6.07) is 13.6. The van der Waals surface area contributed by atoms with E-state index in [1.807, 2.05) is 43.3 Å². The van der Waals surface area contributed by atoms with Gasteiger partial charge in [0.25, 0.3) is 5.91 Å². The number of hydrogen-bond acceptors (Lipinski definition) is 3. The molecule has 1 unspecified atom stereocenters. The second-order valence-corrected chi connectivity index (χ2v) is 5.14. The van der Waals surface area contributed by atoms with Crippen molar-refractivity contribution in [2.75, 3.05) is 11.9 Å². The zero-order valence-electron chi connectivity index (χ0n) is 11.2. The second kappa shape index (κ2) is 4.44. The summed E-state index contributed by atoms with van der Waals surface area (Å²) in [7, 11) is 0. The molecule has 1 aliphatic heterocycles. The van der Waals surface area contributed by atoms with Crippen molar-refractivity contribution < 1.29 is 9.90 Å². The van der Waals surface area contributed by atoms with Crippen LogP contribution in [0.3, 0.4) is 0 Å². The predicted molar refractivity (Wildman–Crippen MR) is 78.2 cm³/mol. The molecule has 1 amide bonds. The van der Waals surface area contributed by atoms with Crippen molar-refractivity contribution in [3.8, 4) is 11.1 Å². The van der Waals surface area contributed by atoms with Crippen LogP contribution in [0.15, 0.2) is 42.5 Å². The van der Waals surface area contributed by atoms with Gasteiger partial charge >= 0.3 is 0 Å². The monoisotopic (exact) mass is 268 g/mol. The highest BCUT2D eigenvalue weighted by Crippen LogP contribution is 2.37. The molecule has 0 fully saturated rings. The van der Waals surface area contributed by atoms with Gasteiger partial charge in [0.05, 0.1) is 0 Å². The number of hydrogen-bond donors (Lipinski definition) is 3. The SMILES string of the molecule is Cc1ccc(-c2ccc3c(c2)C(O)(CN)C(=O)N3)cc1. The van der Waals surface area contributed by atoms with E-state index in [1.165, 1.54) is 5.56 Å². The van der Waals surface area contributed by atoms with Gasteiger partial charge in [-0.05, 0) is 30.2 Å². The van der Waals surface area contributed by atoms with Crippen molar-refractivity contribution in [1.82, 2.24) is 0 Å². The Hall–Kier alpha value is -2.17. The van der Waals surface area contributed by atoms with Gasteiger partial charge in [0.2, 0.25) is 0 Å². The Morgan fingerprint density at radius 2 is 1.80 bits per heavy atom. The third kappa shape index (κ3) is 1.81. The normalized spacial score (nSPS) is 20.6. The fourth-order valence-corrected chi connectivity index (χ4v) is 2.47. The van der Waals surface area contributed by atoms with E-state index in [-0.39, 0.29) is 6.54 Å². The number of benzene rings is 2. The number of anilines is 1. The summed E-state index contributed by atoms with van der Waals surface area (Å²) in [5.74, 6) is -0.462. The topological polar surface area (TPSA) is 75.3 Å². The van der Waals surface area contributed by atoms with Crippen molar-refractivity contribution in [2.24, 2.45) is 5.73 Å². The van der Waals surface area contributed by atoms with E-state index in [0.29, 0.717) is 11.3 Å². The van der Waals surface area contributed by atoms with Crippen LogP contribution in [0.25, 0.3) is 11.1 Å². The molecule has 2 aromatic rings. The molecule has 0 radical (unpaired) electrons. The summed E-state index contributed by atoms with van der Waals surface area (Å²) in [4.78, 5) is 11.8. The number of nitrogens with one attached hydrogen (secondary N) is 1. The lowest BCUT2D eigenvalue weighted by Gasteiger charge is -2.18. The standard InChI is InChI=1S/C16H16N2O2/c1-10-2-4-11(5-3-10)12-6-7-14-13(8-12)16(20,9-17)15(19)18-14/h2-8,20H,9,17H2,1H3,(H,18,19). The van der Waals surface area contributed by atoms with Crippen molar-refractivity contribution in [2.45, 2.75) is 12.5 Å². The van der Waals surface area contributed by atoms with E-state index in [4.69, 9.17) is 5.73 Å². The Kier molecular flexibility index (Phi) is 2.85. The maximum absolute atomic E-state index is 11.8. The summed E-state index contributed by atoms with van der Waals surface area (Å²) in [5.41, 5.74) is 8.29. The summed E-state index contributed by atoms with van der Waals surface area (Å²) in [5, 5.41) is 13.1. The molecule has 4 nitrogen and oxygen atoms in total. The molecule has 102 valence electrons. The minimum atomic E-state index is -1.63. The zero-order chi connectivity index (χ0) is 14.3. The Morgan fingerprint density at radius 3 is 2.45 bits per heavy atom. The molecular weight excluding hydrogens is 252 g/mol. The molecule has 0 aliphatic carbocycles. The van der Waals surface area contributed by atoms with Crippen molar-refractivity contribution in [1.29, 1.82) is 0 Å². The number of nitrogens with two attached hydrogens (primary N) is 1. The van der Waals surface area contributed by atoms with Gasteiger partial charge in [0.15, 0.2) is 5.60 Å². The molecular formula is C16H16N2O2. The highest BCUT2D eigenvalue weighted by atomic mass is 16.3. The molecule has 0 aromatic heterocycles.